The van der Waals surface area contributed by atoms with Gasteiger partial charge in [-0.1, -0.05) is 0 Å². The summed E-state index contributed by atoms with van der Waals surface area (Å²) in [7, 11) is 0. The average molecular weight is 266 g/mol. The van der Waals surface area contributed by atoms with Gasteiger partial charge >= 0.3 is 5.97 Å². The van der Waals surface area contributed by atoms with Crippen LogP contribution in [0.15, 0.2) is 12.1 Å². The van der Waals surface area contributed by atoms with E-state index >= 15 is 0 Å². The molecule has 7 heteroatoms. The highest BCUT2D eigenvalue weighted by molar-refractivity contribution is 5.83. The van der Waals surface area contributed by atoms with Crippen molar-refractivity contribution in [3.63, 3.8) is 0 Å². The van der Waals surface area contributed by atoms with E-state index in [2.05, 4.69) is 4.74 Å². The van der Waals surface area contributed by atoms with E-state index in [0.29, 0.717) is 6.07 Å². The van der Waals surface area contributed by atoms with Crippen molar-refractivity contribution in [3.05, 3.63) is 39.2 Å². The summed E-state index contributed by atoms with van der Waals surface area (Å²) in [5.74, 6) is -3.10. The van der Waals surface area contributed by atoms with Crippen LogP contribution < -0.4 is 0 Å². The predicted octanol–water partition coefficient (Wildman–Crippen LogP) is 2.21. The van der Waals surface area contributed by atoms with E-state index in [-0.39, 0.29) is 17.7 Å². The molecule has 1 atom stereocenters. The Morgan fingerprint density at radius 3 is 2.74 bits per heavy atom. The summed E-state index contributed by atoms with van der Waals surface area (Å²) < 4.78 is 18.0. The van der Waals surface area contributed by atoms with Crippen LogP contribution in [0, 0.1) is 34.2 Å². The number of esters is 1. The van der Waals surface area contributed by atoms with Gasteiger partial charge in [0.2, 0.25) is 0 Å². The number of nitriles is 1. The van der Waals surface area contributed by atoms with Gasteiger partial charge in [0, 0.05) is 0 Å². The van der Waals surface area contributed by atoms with Gasteiger partial charge in [0.1, 0.15) is 5.82 Å². The molecule has 0 amide bonds. The Morgan fingerprint density at radius 1 is 1.63 bits per heavy atom. The van der Waals surface area contributed by atoms with Gasteiger partial charge < -0.3 is 4.74 Å². The van der Waals surface area contributed by atoms with Crippen LogP contribution in [0.5, 0.6) is 0 Å². The number of rotatable bonds is 4. The molecule has 0 aromatic heterocycles. The van der Waals surface area contributed by atoms with Gasteiger partial charge in [-0.15, -0.1) is 0 Å². The minimum absolute atomic E-state index is 0.0466. The average Bonchev–Trinajstić information content (AvgIpc) is 2.34. The van der Waals surface area contributed by atoms with Crippen LogP contribution in [0.1, 0.15) is 24.0 Å². The molecule has 19 heavy (non-hydrogen) atoms. The lowest BCUT2D eigenvalue weighted by molar-refractivity contribution is -0.385. The van der Waals surface area contributed by atoms with Crippen molar-refractivity contribution in [2.24, 2.45) is 0 Å². The fraction of sp³-hybridized carbons (Fsp3) is 0.333. The Labute approximate surface area is 108 Å². The normalized spacial score (nSPS) is 11.5. The number of nitro benzene ring substituents is 1. The van der Waals surface area contributed by atoms with Gasteiger partial charge in [-0.05, 0) is 25.5 Å². The first-order chi connectivity index (χ1) is 8.92. The summed E-state index contributed by atoms with van der Waals surface area (Å²) in [6.45, 7) is 2.99. The Kier molecular flexibility index (Phi) is 4.53. The SMILES string of the molecule is CCOC(=O)C(C#N)c1cc(C)c(F)cc1[N+](=O)[O-]. The largest absolute Gasteiger partial charge is 0.465 e. The zero-order valence-electron chi connectivity index (χ0n) is 10.3. The molecule has 0 aliphatic rings. The number of benzene rings is 1. The van der Waals surface area contributed by atoms with Gasteiger partial charge in [0.15, 0.2) is 5.92 Å². The molecule has 0 N–H and O–H groups in total. The fourth-order valence-electron chi connectivity index (χ4n) is 1.56. The van der Waals surface area contributed by atoms with Crippen molar-refractivity contribution in [3.8, 4) is 6.07 Å². The van der Waals surface area contributed by atoms with E-state index in [4.69, 9.17) is 5.26 Å². The maximum absolute atomic E-state index is 13.3. The fourth-order valence-corrected chi connectivity index (χ4v) is 1.56. The quantitative estimate of drug-likeness (QED) is 0.473. The van der Waals surface area contributed by atoms with E-state index in [9.17, 15) is 19.3 Å². The van der Waals surface area contributed by atoms with Gasteiger partial charge in [-0.3, -0.25) is 14.9 Å². The lowest BCUT2D eigenvalue weighted by Gasteiger charge is -2.10. The molecule has 0 aliphatic heterocycles. The third-order valence-corrected chi connectivity index (χ3v) is 2.47. The van der Waals surface area contributed by atoms with E-state index in [0.717, 1.165) is 6.07 Å². The maximum Gasteiger partial charge on any atom is 0.328 e. The van der Waals surface area contributed by atoms with Crippen LogP contribution in [0.3, 0.4) is 0 Å². The van der Waals surface area contributed by atoms with Crippen LogP contribution in [0.25, 0.3) is 0 Å². The van der Waals surface area contributed by atoms with Crippen LogP contribution in [0.4, 0.5) is 10.1 Å². The highest BCUT2D eigenvalue weighted by Gasteiger charge is 2.30. The van der Waals surface area contributed by atoms with E-state index < -0.39 is 28.3 Å². The molecule has 1 unspecified atom stereocenters. The van der Waals surface area contributed by atoms with Crippen molar-refractivity contribution in [2.45, 2.75) is 19.8 Å². The third-order valence-electron chi connectivity index (χ3n) is 2.47. The first-order valence-corrected chi connectivity index (χ1v) is 5.43. The summed E-state index contributed by atoms with van der Waals surface area (Å²) in [5.41, 5.74) is -0.655. The summed E-state index contributed by atoms with van der Waals surface area (Å²) in [6, 6.07) is 3.47. The van der Waals surface area contributed by atoms with Crippen LogP contribution >= 0.6 is 0 Å². The highest BCUT2D eigenvalue weighted by atomic mass is 19.1. The van der Waals surface area contributed by atoms with Crippen molar-refractivity contribution in [1.29, 1.82) is 5.26 Å². The molecule has 1 aromatic carbocycles. The molecule has 0 bridgehead atoms. The maximum atomic E-state index is 13.3. The lowest BCUT2D eigenvalue weighted by Crippen LogP contribution is -2.16. The van der Waals surface area contributed by atoms with Crippen molar-refractivity contribution >= 4 is 11.7 Å². The minimum Gasteiger partial charge on any atom is -0.465 e. The second-order valence-electron chi connectivity index (χ2n) is 3.73. The monoisotopic (exact) mass is 266 g/mol. The number of halogens is 1. The molecule has 0 spiro atoms. The topological polar surface area (TPSA) is 93.2 Å². The minimum atomic E-state index is -1.44. The predicted molar refractivity (Wildman–Crippen MR) is 62.8 cm³/mol. The third kappa shape index (κ3) is 3.04. The van der Waals surface area contributed by atoms with Crippen LogP contribution in [-0.4, -0.2) is 17.5 Å². The Hall–Kier alpha value is -2.49. The number of carbonyl (C=O) groups is 1. The standard InChI is InChI=1S/C12H11FN2O4/c1-3-19-12(16)9(6-14)8-4-7(2)10(13)5-11(8)15(17)18/h4-5,9H,3H2,1-2H3. The van der Waals surface area contributed by atoms with Gasteiger partial charge in [-0.2, -0.15) is 5.26 Å². The second-order valence-corrected chi connectivity index (χ2v) is 3.73. The van der Waals surface area contributed by atoms with E-state index in [1.54, 1.807) is 13.0 Å². The van der Waals surface area contributed by atoms with E-state index in [1.165, 1.54) is 6.92 Å². The van der Waals surface area contributed by atoms with Crippen molar-refractivity contribution in [2.75, 3.05) is 6.61 Å². The number of aryl methyl sites for hydroxylation is 1. The molecule has 100 valence electrons. The zero-order chi connectivity index (χ0) is 14.6. The highest BCUT2D eigenvalue weighted by Crippen LogP contribution is 2.30. The Morgan fingerprint density at radius 2 is 2.26 bits per heavy atom. The van der Waals surface area contributed by atoms with Crippen molar-refractivity contribution < 1.29 is 18.8 Å². The lowest BCUT2D eigenvalue weighted by atomic mass is 9.96. The summed E-state index contributed by atoms with van der Waals surface area (Å²) in [4.78, 5) is 21.6. The second kappa shape index (κ2) is 5.91. The molecule has 6 nitrogen and oxygen atoms in total. The zero-order valence-corrected chi connectivity index (χ0v) is 10.3. The first-order valence-electron chi connectivity index (χ1n) is 5.43. The smallest absolute Gasteiger partial charge is 0.328 e. The number of ether oxygens (including phenoxy) is 1. The van der Waals surface area contributed by atoms with Crippen molar-refractivity contribution in [1.82, 2.24) is 0 Å². The number of hydrogen-bond donors (Lipinski definition) is 0. The molecule has 1 aromatic rings. The first kappa shape index (κ1) is 14.6. The Bertz CT molecular complexity index is 566. The van der Waals surface area contributed by atoms with Gasteiger partial charge in [0.05, 0.1) is 29.2 Å². The molecule has 0 fully saturated rings. The molecular formula is C12H11FN2O4. The summed E-state index contributed by atoms with van der Waals surface area (Å²) >= 11 is 0. The number of nitro groups is 1. The molecule has 0 heterocycles. The molecule has 0 saturated heterocycles. The Balaban J connectivity index is 3.39. The van der Waals surface area contributed by atoms with E-state index in [1.807, 2.05) is 0 Å². The molecule has 0 radical (unpaired) electrons. The molecule has 0 saturated carbocycles. The number of hydrogen-bond acceptors (Lipinski definition) is 5. The molecule has 0 aliphatic carbocycles. The number of carbonyl (C=O) groups excluding carboxylic acids is 1. The summed E-state index contributed by atoms with van der Waals surface area (Å²) in [6.07, 6.45) is 0. The van der Waals surface area contributed by atoms with Gasteiger partial charge in [-0.25, -0.2) is 4.39 Å². The van der Waals surface area contributed by atoms with Crippen LogP contribution in [-0.2, 0) is 9.53 Å². The summed E-state index contributed by atoms with van der Waals surface area (Å²) in [5, 5.41) is 19.8. The number of nitrogens with zero attached hydrogens (tertiary/aromatic N) is 2. The molecular weight excluding hydrogens is 255 g/mol. The molecule has 1 rings (SSSR count). The van der Waals surface area contributed by atoms with Crippen LogP contribution in [0.2, 0.25) is 0 Å². The van der Waals surface area contributed by atoms with Gasteiger partial charge in [0.25, 0.3) is 5.69 Å².